The summed E-state index contributed by atoms with van der Waals surface area (Å²) in [5.74, 6) is -0.913. The second kappa shape index (κ2) is 15.0. The first-order chi connectivity index (χ1) is 19.9. The summed E-state index contributed by atoms with van der Waals surface area (Å²) in [5, 5.41) is 5.96. The zero-order chi connectivity index (χ0) is 30.9. The molecule has 2 aromatic carbocycles. The van der Waals surface area contributed by atoms with Gasteiger partial charge in [-0.25, -0.2) is 9.59 Å². The molecule has 0 aliphatic carbocycles. The van der Waals surface area contributed by atoms with Crippen LogP contribution in [0.1, 0.15) is 58.2 Å². The Morgan fingerprint density at radius 2 is 1.57 bits per heavy atom. The van der Waals surface area contributed by atoms with Crippen molar-refractivity contribution in [2.75, 3.05) is 20.8 Å². The van der Waals surface area contributed by atoms with E-state index in [0.29, 0.717) is 13.0 Å². The zero-order valence-corrected chi connectivity index (χ0v) is 25.7. The Morgan fingerprint density at radius 1 is 0.952 bits per heavy atom. The molecule has 1 aliphatic heterocycles. The number of methoxy groups -OCH3 is 2. The first-order valence-electron chi connectivity index (χ1n) is 14.3. The molecule has 2 aromatic rings. The zero-order valence-electron chi connectivity index (χ0n) is 25.7. The van der Waals surface area contributed by atoms with Crippen LogP contribution < -0.4 is 10.6 Å². The van der Waals surface area contributed by atoms with Gasteiger partial charge in [-0.05, 0) is 45.2 Å². The molecule has 10 heteroatoms. The van der Waals surface area contributed by atoms with Crippen LogP contribution in [0, 0.1) is 5.92 Å². The Balaban J connectivity index is 1.71. The third-order valence-electron chi connectivity index (χ3n) is 7.34. The summed E-state index contributed by atoms with van der Waals surface area (Å²) in [6, 6.07) is 17.3. The minimum atomic E-state index is -0.671. The van der Waals surface area contributed by atoms with Crippen LogP contribution in [-0.2, 0) is 30.3 Å². The molecule has 6 atom stereocenters. The molecule has 0 bridgehead atoms. The highest BCUT2D eigenvalue weighted by atomic mass is 16.6. The third-order valence-corrected chi connectivity index (χ3v) is 7.34. The van der Waals surface area contributed by atoms with E-state index in [4.69, 9.17) is 18.9 Å². The average Bonchev–Trinajstić information content (AvgIpc) is 3.39. The number of ether oxygens (including phenoxy) is 4. The maximum atomic E-state index is 13.6. The van der Waals surface area contributed by atoms with E-state index in [2.05, 4.69) is 10.6 Å². The molecule has 1 aliphatic rings. The smallest absolute Gasteiger partial charge is 0.410 e. The fourth-order valence-corrected chi connectivity index (χ4v) is 5.17. The number of rotatable bonds is 11. The van der Waals surface area contributed by atoms with Gasteiger partial charge < -0.3 is 29.6 Å². The van der Waals surface area contributed by atoms with Crippen molar-refractivity contribution in [3.05, 3.63) is 71.8 Å². The summed E-state index contributed by atoms with van der Waals surface area (Å²) >= 11 is 0. The molecule has 0 radical (unpaired) electrons. The van der Waals surface area contributed by atoms with Crippen molar-refractivity contribution in [3.8, 4) is 0 Å². The standard InChI is InChI=1S/C32H45N3O7/c1-21(28(40-7)26-18-25(39-6)19-35(26)31(38)42-32(3,4)5)29(36)33-22(2)27(24-16-12-9-13-17-24)34-30(37)41-20-23-14-10-8-11-15-23/h8-17,21-22,25-28H,18-20H2,1-7H3,(H,33,36)(H,34,37)/t21-,22-,25-,26+,27?,28-/m1/s1. The van der Waals surface area contributed by atoms with E-state index in [9.17, 15) is 14.4 Å². The van der Waals surface area contributed by atoms with Crippen molar-refractivity contribution >= 4 is 18.1 Å². The minimum Gasteiger partial charge on any atom is -0.445 e. The predicted molar refractivity (Wildman–Crippen MR) is 159 cm³/mol. The number of carbonyl (C=O) groups is 3. The molecule has 1 heterocycles. The van der Waals surface area contributed by atoms with Gasteiger partial charge in [0.15, 0.2) is 0 Å². The van der Waals surface area contributed by atoms with Gasteiger partial charge in [-0.1, -0.05) is 67.6 Å². The monoisotopic (exact) mass is 583 g/mol. The summed E-state index contributed by atoms with van der Waals surface area (Å²) in [7, 11) is 3.13. The lowest BCUT2D eigenvalue weighted by Gasteiger charge is -2.35. The van der Waals surface area contributed by atoms with Gasteiger partial charge in [-0.3, -0.25) is 9.69 Å². The molecule has 0 spiro atoms. The van der Waals surface area contributed by atoms with Crippen molar-refractivity contribution in [3.63, 3.8) is 0 Å². The minimum absolute atomic E-state index is 0.124. The molecule has 3 rings (SSSR count). The fraction of sp³-hybridized carbons (Fsp3) is 0.531. The lowest BCUT2D eigenvalue weighted by molar-refractivity contribution is -0.131. The predicted octanol–water partition coefficient (Wildman–Crippen LogP) is 4.83. The van der Waals surface area contributed by atoms with Crippen LogP contribution in [0.2, 0.25) is 0 Å². The van der Waals surface area contributed by atoms with E-state index in [1.165, 1.54) is 7.11 Å². The van der Waals surface area contributed by atoms with Gasteiger partial charge in [0.25, 0.3) is 0 Å². The summed E-state index contributed by atoms with van der Waals surface area (Å²) in [4.78, 5) is 41.0. The Kier molecular flexibility index (Phi) is 11.8. The number of likely N-dealkylation sites (tertiary alicyclic amines) is 1. The molecule has 230 valence electrons. The molecule has 1 fully saturated rings. The normalized spacial score (nSPS) is 19.7. The lowest BCUT2D eigenvalue weighted by Crippen LogP contribution is -2.52. The van der Waals surface area contributed by atoms with Gasteiger partial charge >= 0.3 is 12.2 Å². The van der Waals surface area contributed by atoms with Crippen LogP contribution in [-0.4, -0.2) is 73.7 Å². The second-order valence-electron chi connectivity index (χ2n) is 11.7. The number of carbonyl (C=O) groups excluding carboxylic acids is 3. The number of hydrogen-bond acceptors (Lipinski definition) is 7. The van der Waals surface area contributed by atoms with Crippen LogP contribution in [0.25, 0.3) is 0 Å². The fourth-order valence-electron chi connectivity index (χ4n) is 5.17. The molecule has 10 nitrogen and oxygen atoms in total. The van der Waals surface area contributed by atoms with Gasteiger partial charge in [0.2, 0.25) is 5.91 Å². The van der Waals surface area contributed by atoms with E-state index in [1.807, 2.05) is 88.4 Å². The number of nitrogens with one attached hydrogen (secondary N) is 2. The first-order valence-corrected chi connectivity index (χ1v) is 14.3. The number of hydrogen-bond donors (Lipinski definition) is 2. The van der Waals surface area contributed by atoms with E-state index in [1.54, 1.807) is 18.9 Å². The molecule has 0 aromatic heterocycles. The van der Waals surface area contributed by atoms with Crippen molar-refractivity contribution in [1.82, 2.24) is 15.5 Å². The maximum Gasteiger partial charge on any atom is 0.410 e. The lowest BCUT2D eigenvalue weighted by atomic mass is 9.93. The number of amides is 3. The Bertz CT molecular complexity index is 1160. The molecule has 0 saturated carbocycles. The van der Waals surface area contributed by atoms with Gasteiger partial charge in [-0.2, -0.15) is 0 Å². The number of nitrogens with zero attached hydrogens (tertiary/aromatic N) is 1. The van der Waals surface area contributed by atoms with Gasteiger partial charge in [-0.15, -0.1) is 0 Å². The van der Waals surface area contributed by atoms with Crippen molar-refractivity contribution in [2.45, 2.75) is 83.6 Å². The SMILES string of the molecule is CO[C@@H]1C[C@@H]([C@H](OC)[C@@H](C)C(=O)N[C@H](C)C(NC(=O)OCc2ccccc2)c2ccccc2)N(C(=O)OC(C)(C)C)C1. The average molecular weight is 584 g/mol. The molecule has 1 saturated heterocycles. The highest BCUT2D eigenvalue weighted by molar-refractivity contribution is 5.80. The molecular weight excluding hydrogens is 538 g/mol. The number of alkyl carbamates (subject to hydrolysis) is 1. The largest absolute Gasteiger partial charge is 0.445 e. The summed E-state index contributed by atoms with van der Waals surface area (Å²) in [6.07, 6.45) is -1.39. The summed E-state index contributed by atoms with van der Waals surface area (Å²) < 4.78 is 22.5. The van der Waals surface area contributed by atoms with E-state index in [-0.39, 0.29) is 18.6 Å². The van der Waals surface area contributed by atoms with Gasteiger partial charge in [0.1, 0.15) is 12.2 Å². The Morgan fingerprint density at radius 3 is 2.14 bits per heavy atom. The van der Waals surface area contributed by atoms with Crippen LogP contribution in [0.15, 0.2) is 60.7 Å². The van der Waals surface area contributed by atoms with E-state index in [0.717, 1.165) is 11.1 Å². The molecular formula is C32H45N3O7. The second-order valence-corrected chi connectivity index (χ2v) is 11.7. The topological polar surface area (TPSA) is 115 Å². The Hall–Kier alpha value is -3.63. The quantitative estimate of drug-likeness (QED) is 0.389. The molecule has 2 N–H and O–H groups in total. The summed E-state index contributed by atoms with van der Waals surface area (Å²) in [6.45, 7) is 9.48. The van der Waals surface area contributed by atoms with Crippen molar-refractivity contribution in [2.24, 2.45) is 5.92 Å². The van der Waals surface area contributed by atoms with Gasteiger partial charge in [0.05, 0.1) is 42.8 Å². The Labute approximate surface area is 249 Å². The molecule has 42 heavy (non-hydrogen) atoms. The van der Waals surface area contributed by atoms with E-state index < -0.39 is 47.9 Å². The summed E-state index contributed by atoms with van der Waals surface area (Å²) in [5.41, 5.74) is 1.01. The third kappa shape index (κ3) is 9.19. The maximum absolute atomic E-state index is 13.6. The van der Waals surface area contributed by atoms with Crippen molar-refractivity contribution < 1.29 is 33.3 Å². The number of benzene rings is 2. The van der Waals surface area contributed by atoms with Crippen LogP contribution in [0.5, 0.6) is 0 Å². The molecule has 1 unspecified atom stereocenters. The van der Waals surface area contributed by atoms with Crippen LogP contribution in [0.4, 0.5) is 9.59 Å². The van der Waals surface area contributed by atoms with Crippen LogP contribution >= 0.6 is 0 Å². The van der Waals surface area contributed by atoms with Crippen molar-refractivity contribution in [1.29, 1.82) is 0 Å². The van der Waals surface area contributed by atoms with E-state index >= 15 is 0 Å². The molecule has 3 amide bonds. The highest BCUT2D eigenvalue weighted by Crippen LogP contribution is 2.30. The van der Waals surface area contributed by atoms with Gasteiger partial charge in [0, 0.05) is 14.2 Å². The first kappa shape index (κ1) is 32.9. The highest BCUT2D eigenvalue weighted by Gasteiger charge is 2.45. The van der Waals surface area contributed by atoms with Crippen LogP contribution in [0.3, 0.4) is 0 Å².